The monoisotopic (exact) mass is 400 g/mol. The Kier molecular flexibility index (Phi) is 6.52. The molecule has 1 aliphatic rings. The van der Waals surface area contributed by atoms with Crippen molar-refractivity contribution in [1.29, 1.82) is 0 Å². The zero-order valence-electron chi connectivity index (χ0n) is 16.5. The molecule has 0 bridgehead atoms. The normalized spacial score (nSPS) is 16.9. The first-order valence-electron chi connectivity index (χ1n) is 9.83. The minimum absolute atomic E-state index is 0.112. The number of sulfonamides is 1. The van der Waals surface area contributed by atoms with Crippen LogP contribution in [0.2, 0.25) is 0 Å². The average Bonchev–Trinajstić information content (AvgIpc) is 3.03. The molecule has 1 aliphatic heterocycles. The van der Waals surface area contributed by atoms with E-state index in [-0.39, 0.29) is 16.8 Å². The lowest BCUT2D eigenvalue weighted by atomic mass is 10.1. The van der Waals surface area contributed by atoms with Crippen molar-refractivity contribution < 1.29 is 13.2 Å². The van der Waals surface area contributed by atoms with E-state index in [0.29, 0.717) is 18.7 Å². The van der Waals surface area contributed by atoms with Gasteiger partial charge in [0.05, 0.1) is 10.9 Å². The van der Waals surface area contributed by atoms with Gasteiger partial charge in [0.25, 0.3) is 5.91 Å². The predicted molar refractivity (Wildman–Crippen MR) is 111 cm³/mol. The molecule has 2 aromatic carbocycles. The Morgan fingerprint density at radius 3 is 2.25 bits per heavy atom. The summed E-state index contributed by atoms with van der Waals surface area (Å²) in [6, 6.07) is 16.1. The second-order valence-corrected chi connectivity index (χ2v) is 9.29. The third-order valence-corrected chi connectivity index (χ3v) is 7.36. The predicted octanol–water partition coefficient (Wildman–Crippen LogP) is 4.08. The Bertz CT molecular complexity index is 904. The van der Waals surface area contributed by atoms with E-state index in [1.165, 1.54) is 6.07 Å². The molecule has 28 heavy (non-hydrogen) atoms. The lowest BCUT2D eigenvalue weighted by Gasteiger charge is -2.26. The van der Waals surface area contributed by atoms with Crippen LogP contribution in [0.25, 0.3) is 0 Å². The zero-order valence-corrected chi connectivity index (χ0v) is 17.4. The number of carbonyl (C=O) groups excluding carboxylic acids is 1. The van der Waals surface area contributed by atoms with Gasteiger partial charge < -0.3 is 4.90 Å². The van der Waals surface area contributed by atoms with E-state index >= 15 is 0 Å². The number of benzene rings is 2. The molecular formula is C22H28N2O3S. The minimum Gasteiger partial charge on any atom is -0.335 e. The summed E-state index contributed by atoms with van der Waals surface area (Å²) in [4.78, 5) is 14.8. The van der Waals surface area contributed by atoms with Crippen LogP contribution in [0.15, 0.2) is 59.5 Å². The Morgan fingerprint density at radius 2 is 1.61 bits per heavy atom. The molecule has 1 heterocycles. The van der Waals surface area contributed by atoms with Crippen LogP contribution in [0, 0.1) is 0 Å². The topological polar surface area (TPSA) is 57.7 Å². The summed E-state index contributed by atoms with van der Waals surface area (Å²) >= 11 is 0. The molecule has 0 saturated carbocycles. The summed E-state index contributed by atoms with van der Waals surface area (Å²) in [6.07, 6.45) is 3.89. The van der Waals surface area contributed by atoms with Gasteiger partial charge in [-0.2, -0.15) is 4.31 Å². The van der Waals surface area contributed by atoms with Gasteiger partial charge in [-0.1, -0.05) is 49.2 Å². The molecule has 1 fully saturated rings. The molecule has 1 amide bonds. The largest absolute Gasteiger partial charge is 0.335 e. The van der Waals surface area contributed by atoms with Crippen molar-refractivity contribution in [2.75, 3.05) is 20.1 Å². The van der Waals surface area contributed by atoms with Crippen molar-refractivity contribution in [2.24, 2.45) is 0 Å². The van der Waals surface area contributed by atoms with Crippen molar-refractivity contribution in [3.8, 4) is 0 Å². The molecule has 1 atom stereocenters. The maximum atomic E-state index is 13.0. The summed E-state index contributed by atoms with van der Waals surface area (Å²) in [5, 5.41) is 0. The van der Waals surface area contributed by atoms with Crippen LogP contribution in [0.3, 0.4) is 0 Å². The van der Waals surface area contributed by atoms with E-state index in [0.717, 1.165) is 31.2 Å². The van der Waals surface area contributed by atoms with Gasteiger partial charge in [0.15, 0.2) is 0 Å². The van der Waals surface area contributed by atoms with Gasteiger partial charge in [0.2, 0.25) is 10.0 Å². The van der Waals surface area contributed by atoms with E-state index in [1.54, 1.807) is 34.5 Å². The smallest absolute Gasteiger partial charge is 0.254 e. The summed E-state index contributed by atoms with van der Waals surface area (Å²) in [7, 11) is -1.83. The van der Waals surface area contributed by atoms with E-state index in [4.69, 9.17) is 0 Å². The number of carbonyl (C=O) groups is 1. The number of amides is 1. The van der Waals surface area contributed by atoms with Gasteiger partial charge in [-0.05, 0) is 43.5 Å². The minimum atomic E-state index is -3.58. The van der Waals surface area contributed by atoms with Crippen LogP contribution in [0.5, 0.6) is 0 Å². The molecule has 6 heteroatoms. The van der Waals surface area contributed by atoms with Gasteiger partial charge in [-0.15, -0.1) is 0 Å². The van der Waals surface area contributed by atoms with Crippen molar-refractivity contribution in [3.63, 3.8) is 0 Å². The molecule has 150 valence electrons. The molecule has 3 rings (SSSR count). The van der Waals surface area contributed by atoms with E-state index in [1.807, 2.05) is 37.3 Å². The average molecular weight is 401 g/mol. The van der Waals surface area contributed by atoms with Gasteiger partial charge in [-0.25, -0.2) is 8.42 Å². The molecule has 0 N–H and O–H groups in total. The lowest BCUT2D eigenvalue weighted by molar-refractivity contribution is 0.0742. The van der Waals surface area contributed by atoms with Crippen molar-refractivity contribution in [2.45, 2.75) is 43.5 Å². The fourth-order valence-electron chi connectivity index (χ4n) is 3.56. The van der Waals surface area contributed by atoms with Crippen molar-refractivity contribution in [3.05, 3.63) is 65.7 Å². The van der Waals surface area contributed by atoms with Gasteiger partial charge >= 0.3 is 0 Å². The SMILES string of the molecule is CC(c1ccccc1)N(C)C(=O)c1cccc(S(=O)(=O)N2CCCCCC2)c1. The van der Waals surface area contributed by atoms with Crippen LogP contribution in [0.1, 0.15) is 54.6 Å². The van der Waals surface area contributed by atoms with Crippen LogP contribution in [-0.4, -0.2) is 43.7 Å². The fourth-order valence-corrected chi connectivity index (χ4v) is 5.12. The van der Waals surface area contributed by atoms with E-state index in [2.05, 4.69) is 0 Å². The summed E-state index contributed by atoms with van der Waals surface area (Å²) in [6.45, 7) is 3.06. The molecule has 2 aromatic rings. The Balaban J connectivity index is 1.83. The van der Waals surface area contributed by atoms with Crippen LogP contribution in [0.4, 0.5) is 0 Å². The Hall–Kier alpha value is -2.18. The van der Waals surface area contributed by atoms with Gasteiger partial charge in [0, 0.05) is 25.7 Å². The zero-order chi connectivity index (χ0) is 20.1. The van der Waals surface area contributed by atoms with Gasteiger partial charge in [0.1, 0.15) is 0 Å². The van der Waals surface area contributed by atoms with Crippen LogP contribution in [-0.2, 0) is 10.0 Å². The van der Waals surface area contributed by atoms with E-state index < -0.39 is 10.0 Å². The highest BCUT2D eigenvalue weighted by Gasteiger charge is 2.26. The first-order chi connectivity index (χ1) is 13.4. The lowest BCUT2D eigenvalue weighted by Crippen LogP contribution is -2.32. The maximum Gasteiger partial charge on any atom is 0.254 e. The molecular weight excluding hydrogens is 372 g/mol. The summed E-state index contributed by atoms with van der Waals surface area (Å²) in [5.41, 5.74) is 1.42. The molecule has 0 aromatic heterocycles. The molecule has 1 unspecified atom stereocenters. The molecule has 0 radical (unpaired) electrons. The molecule has 0 spiro atoms. The first-order valence-corrected chi connectivity index (χ1v) is 11.3. The van der Waals surface area contributed by atoms with E-state index in [9.17, 15) is 13.2 Å². The van der Waals surface area contributed by atoms with Crippen LogP contribution < -0.4 is 0 Å². The third kappa shape index (κ3) is 4.45. The van der Waals surface area contributed by atoms with Gasteiger partial charge in [-0.3, -0.25) is 4.79 Å². The molecule has 5 nitrogen and oxygen atoms in total. The fraction of sp³-hybridized carbons (Fsp3) is 0.409. The number of nitrogens with zero attached hydrogens (tertiary/aromatic N) is 2. The molecule has 0 aliphatic carbocycles. The summed E-state index contributed by atoms with van der Waals surface area (Å²) < 4.78 is 27.6. The second kappa shape index (κ2) is 8.88. The highest BCUT2D eigenvalue weighted by molar-refractivity contribution is 7.89. The maximum absolute atomic E-state index is 13.0. The quantitative estimate of drug-likeness (QED) is 0.760. The van der Waals surface area contributed by atoms with Crippen molar-refractivity contribution >= 4 is 15.9 Å². The third-order valence-electron chi connectivity index (χ3n) is 5.47. The highest BCUT2D eigenvalue weighted by atomic mass is 32.2. The Morgan fingerprint density at radius 1 is 0.964 bits per heavy atom. The second-order valence-electron chi connectivity index (χ2n) is 7.35. The van der Waals surface area contributed by atoms with Crippen LogP contribution >= 0.6 is 0 Å². The first kappa shape index (κ1) is 20.6. The number of hydrogen-bond acceptors (Lipinski definition) is 3. The number of hydrogen-bond donors (Lipinski definition) is 0. The molecule has 1 saturated heterocycles. The standard InChI is InChI=1S/C22H28N2O3S/c1-18(19-11-6-5-7-12-19)23(2)22(25)20-13-10-14-21(17-20)28(26,27)24-15-8-3-4-9-16-24/h5-7,10-14,17-18H,3-4,8-9,15-16H2,1-2H3. The van der Waals surface area contributed by atoms with Crippen molar-refractivity contribution in [1.82, 2.24) is 9.21 Å². The summed E-state index contributed by atoms with van der Waals surface area (Å²) in [5.74, 6) is -0.190. The highest BCUT2D eigenvalue weighted by Crippen LogP contribution is 2.24. The Labute approximate surface area is 168 Å². The number of rotatable bonds is 5.